The van der Waals surface area contributed by atoms with Crippen LogP contribution in [0.4, 0.5) is 0 Å². The molecule has 0 saturated heterocycles. The zero-order valence-electron chi connectivity index (χ0n) is 25.5. The number of fused-ring (bicyclic) bond motifs is 8. The molecule has 0 aliphatic carbocycles. The topological polar surface area (TPSA) is 9.86 Å². The predicted molar refractivity (Wildman–Crippen MR) is 201 cm³/mol. The first-order chi connectivity index (χ1) is 23.4. The van der Waals surface area contributed by atoms with Crippen molar-refractivity contribution in [1.29, 1.82) is 0 Å². The minimum Gasteiger partial charge on any atom is -0.309 e. The summed E-state index contributed by atoms with van der Waals surface area (Å²) < 4.78 is 7.50. The highest BCUT2D eigenvalue weighted by Gasteiger charge is 2.22. The third-order valence-corrected chi connectivity index (χ3v) is 10.7. The molecule has 10 aromatic rings. The Balaban J connectivity index is 1.30. The Hall–Kier alpha value is -5.90. The molecule has 0 unspecified atom stereocenters. The number of para-hydroxylation sites is 4. The Morgan fingerprint density at radius 3 is 1.53 bits per heavy atom. The number of hydrogen-bond acceptors (Lipinski definition) is 1. The summed E-state index contributed by atoms with van der Waals surface area (Å²) in [5.41, 5.74) is 12.3. The third-order valence-electron chi connectivity index (χ3n) is 9.54. The molecule has 10 rings (SSSR count). The summed E-state index contributed by atoms with van der Waals surface area (Å²) in [6, 6.07) is 61.7. The van der Waals surface area contributed by atoms with Crippen molar-refractivity contribution in [2.24, 2.45) is 0 Å². The summed E-state index contributed by atoms with van der Waals surface area (Å²) in [4.78, 5) is 0. The summed E-state index contributed by atoms with van der Waals surface area (Å²) >= 11 is 1.90. The standard InChI is InChI=1S/C44H28N2S/c1-3-15-29(16-4-1)45-37-25-11-9-21-35(37)41-33(23-13-27-39(41)45)31-19-7-8-20-32(31)34-24-14-28-40-42(34)43-44(47-40)36-22-10-12-26-38(36)46(43)30-17-5-2-6-18-30/h1-28H. The van der Waals surface area contributed by atoms with E-state index in [-0.39, 0.29) is 0 Å². The highest BCUT2D eigenvalue weighted by molar-refractivity contribution is 7.26. The third kappa shape index (κ3) is 3.84. The monoisotopic (exact) mass is 616 g/mol. The summed E-state index contributed by atoms with van der Waals surface area (Å²) in [6.07, 6.45) is 0. The average Bonchev–Trinajstić information content (AvgIpc) is 3.79. The van der Waals surface area contributed by atoms with Gasteiger partial charge in [-0.25, -0.2) is 0 Å². The molecule has 47 heavy (non-hydrogen) atoms. The maximum Gasteiger partial charge on any atom is 0.0734 e. The van der Waals surface area contributed by atoms with Crippen molar-refractivity contribution in [3.63, 3.8) is 0 Å². The van der Waals surface area contributed by atoms with Crippen molar-refractivity contribution in [3.8, 4) is 33.6 Å². The average molecular weight is 617 g/mol. The van der Waals surface area contributed by atoms with E-state index in [2.05, 4.69) is 179 Å². The van der Waals surface area contributed by atoms with Crippen LogP contribution in [0.25, 0.3) is 86.6 Å². The Morgan fingerprint density at radius 2 is 0.830 bits per heavy atom. The maximum absolute atomic E-state index is 2.46. The van der Waals surface area contributed by atoms with Gasteiger partial charge in [0.15, 0.2) is 0 Å². The zero-order chi connectivity index (χ0) is 30.9. The minimum atomic E-state index is 1.17. The lowest BCUT2D eigenvalue weighted by atomic mass is 9.90. The molecule has 0 atom stereocenters. The van der Waals surface area contributed by atoms with Crippen LogP contribution in [0.3, 0.4) is 0 Å². The Kier molecular flexibility index (Phi) is 5.78. The second kappa shape index (κ2) is 10.3. The van der Waals surface area contributed by atoms with Crippen LogP contribution in [0, 0.1) is 0 Å². The van der Waals surface area contributed by atoms with E-state index >= 15 is 0 Å². The SMILES string of the molecule is c1ccc(-n2c3ccccc3c3c(-c4ccccc4-c4cccc5sc6c7ccccc7n(-c7ccccc7)c6c45)cccc32)cc1. The van der Waals surface area contributed by atoms with Crippen LogP contribution in [-0.4, -0.2) is 9.13 Å². The summed E-state index contributed by atoms with van der Waals surface area (Å²) in [6.45, 7) is 0. The molecule has 0 radical (unpaired) electrons. The molecule has 0 bridgehead atoms. The van der Waals surface area contributed by atoms with Crippen molar-refractivity contribution < 1.29 is 0 Å². The summed E-state index contributed by atoms with van der Waals surface area (Å²) in [5.74, 6) is 0. The molecule has 3 heterocycles. The summed E-state index contributed by atoms with van der Waals surface area (Å²) in [7, 11) is 0. The van der Waals surface area contributed by atoms with Crippen LogP contribution < -0.4 is 0 Å². The largest absolute Gasteiger partial charge is 0.309 e. The first kappa shape index (κ1) is 26.3. The molecule has 0 amide bonds. The first-order valence-corrected chi connectivity index (χ1v) is 16.9. The van der Waals surface area contributed by atoms with Crippen molar-refractivity contribution in [3.05, 3.63) is 170 Å². The minimum absolute atomic E-state index is 1.17. The Bertz CT molecular complexity index is 2780. The first-order valence-electron chi connectivity index (χ1n) is 16.0. The summed E-state index contributed by atoms with van der Waals surface area (Å²) in [5, 5.41) is 5.14. The molecular weight excluding hydrogens is 589 g/mol. The normalized spacial score (nSPS) is 11.8. The predicted octanol–water partition coefficient (Wildman–Crippen LogP) is 12.4. The second-order valence-corrected chi connectivity index (χ2v) is 13.1. The van der Waals surface area contributed by atoms with Gasteiger partial charge in [0, 0.05) is 37.6 Å². The van der Waals surface area contributed by atoms with Gasteiger partial charge in [-0.1, -0.05) is 121 Å². The van der Waals surface area contributed by atoms with Gasteiger partial charge in [0.2, 0.25) is 0 Å². The van der Waals surface area contributed by atoms with Crippen molar-refractivity contribution >= 4 is 64.3 Å². The van der Waals surface area contributed by atoms with Crippen LogP contribution in [0.1, 0.15) is 0 Å². The smallest absolute Gasteiger partial charge is 0.0734 e. The van der Waals surface area contributed by atoms with Gasteiger partial charge in [0.25, 0.3) is 0 Å². The molecule has 3 aromatic heterocycles. The van der Waals surface area contributed by atoms with E-state index in [4.69, 9.17) is 0 Å². The van der Waals surface area contributed by atoms with E-state index in [0.29, 0.717) is 0 Å². The molecule has 7 aromatic carbocycles. The van der Waals surface area contributed by atoms with Crippen LogP contribution in [0.2, 0.25) is 0 Å². The second-order valence-electron chi connectivity index (χ2n) is 12.1. The molecule has 0 aliphatic rings. The number of thiophene rings is 1. The lowest BCUT2D eigenvalue weighted by Gasteiger charge is -2.14. The molecule has 0 aliphatic heterocycles. The van der Waals surface area contributed by atoms with Crippen LogP contribution in [0.15, 0.2) is 170 Å². The van der Waals surface area contributed by atoms with Crippen molar-refractivity contribution in [2.75, 3.05) is 0 Å². The van der Waals surface area contributed by atoms with Crippen molar-refractivity contribution in [2.45, 2.75) is 0 Å². The number of hydrogen-bond donors (Lipinski definition) is 0. The van der Waals surface area contributed by atoms with Gasteiger partial charge in [-0.05, 0) is 70.8 Å². The van der Waals surface area contributed by atoms with E-state index in [1.165, 1.54) is 86.6 Å². The molecule has 2 nitrogen and oxygen atoms in total. The molecule has 0 N–H and O–H groups in total. The molecule has 0 spiro atoms. The highest BCUT2D eigenvalue weighted by Crippen LogP contribution is 2.48. The van der Waals surface area contributed by atoms with Crippen LogP contribution in [0.5, 0.6) is 0 Å². The zero-order valence-corrected chi connectivity index (χ0v) is 26.3. The van der Waals surface area contributed by atoms with Gasteiger partial charge in [-0.15, -0.1) is 11.3 Å². The van der Waals surface area contributed by atoms with Gasteiger partial charge in [-0.3, -0.25) is 0 Å². The lowest BCUT2D eigenvalue weighted by Crippen LogP contribution is -1.94. The molecule has 3 heteroatoms. The van der Waals surface area contributed by atoms with Gasteiger partial charge < -0.3 is 9.13 Å². The highest BCUT2D eigenvalue weighted by atomic mass is 32.1. The molecule has 0 saturated carbocycles. The lowest BCUT2D eigenvalue weighted by molar-refractivity contribution is 1.18. The quantitative estimate of drug-likeness (QED) is 0.186. The van der Waals surface area contributed by atoms with E-state index in [9.17, 15) is 0 Å². The van der Waals surface area contributed by atoms with Gasteiger partial charge in [-0.2, -0.15) is 0 Å². The van der Waals surface area contributed by atoms with Gasteiger partial charge >= 0.3 is 0 Å². The fourth-order valence-corrected chi connectivity index (χ4v) is 8.88. The van der Waals surface area contributed by atoms with E-state index in [0.717, 1.165) is 0 Å². The number of aromatic nitrogens is 2. The number of benzene rings is 7. The fraction of sp³-hybridized carbons (Fsp3) is 0. The Labute approximate surface area is 276 Å². The van der Waals surface area contributed by atoms with Crippen LogP contribution >= 0.6 is 11.3 Å². The van der Waals surface area contributed by atoms with E-state index in [1.807, 2.05) is 11.3 Å². The number of nitrogens with zero attached hydrogens (tertiary/aromatic N) is 2. The van der Waals surface area contributed by atoms with E-state index < -0.39 is 0 Å². The van der Waals surface area contributed by atoms with Crippen molar-refractivity contribution in [1.82, 2.24) is 9.13 Å². The Morgan fingerprint density at radius 1 is 0.340 bits per heavy atom. The molecule has 0 fully saturated rings. The number of rotatable bonds is 4. The molecular formula is C44H28N2S. The van der Waals surface area contributed by atoms with Crippen LogP contribution in [-0.2, 0) is 0 Å². The fourth-order valence-electron chi connectivity index (χ4n) is 7.63. The van der Waals surface area contributed by atoms with Gasteiger partial charge in [0.1, 0.15) is 0 Å². The van der Waals surface area contributed by atoms with E-state index in [1.54, 1.807) is 0 Å². The maximum atomic E-state index is 2.46. The van der Waals surface area contributed by atoms with Gasteiger partial charge in [0.05, 0.1) is 26.8 Å². The molecule has 220 valence electrons.